The maximum Gasteiger partial charge on any atom is 0.187 e. The SMILES string of the molecule is C=C(Cl)[C@H]1C[C@@]1(OCC)O[Si](C)(C)C. The third kappa shape index (κ3) is 2.83. The van der Waals surface area contributed by atoms with E-state index in [2.05, 4.69) is 26.2 Å². The highest BCUT2D eigenvalue weighted by atomic mass is 35.5. The molecule has 0 radical (unpaired) electrons. The van der Waals surface area contributed by atoms with Crippen LogP contribution in [0.1, 0.15) is 13.3 Å². The Hall–Kier alpha value is 0.167. The number of hydrogen-bond acceptors (Lipinski definition) is 2. The quantitative estimate of drug-likeness (QED) is 0.537. The van der Waals surface area contributed by atoms with Gasteiger partial charge in [0.2, 0.25) is 0 Å². The molecule has 0 heterocycles. The van der Waals surface area contributed by atoms with E-state index in [9.17, 15) is 0 Å². The maximum absolute atomic E-state index is 6.02. The molecular formula is C10H19ClO2Si. The van der Waals surface area contributed by atoms with Gasteiger partial charge in [-0.15, -0.1) is 0 Å². The van der Waals surface area contributed by atoms with Gasteiger partial charge < -0.3 is 9.16 Å². The summed E-state index contributed by atoms with van der Waals surface area (Å²) in [7, 11) is -1.58. The average molecular weight is 235 g/mol. The van der Waals surface area contributed by atoms with E-state index in [1.807, 2.05) is 6.92 Å². The van der Waals surface area contributed by atoms with Gasteiger partial charge in [-0.1, -0.05) is 18.2 Å². The zero-order valence-corrected chi connectivity index (χ0v) is 11.1. The molecule has 2 atom stereocenters. The lowest BCUT2D eigenvalue weighted by Gasteiger charge is -2.27. The van der Waals surface area contributed by atoms with Gasteiger partial charge in [0.05, 0.1) is 5.92 Å². The molecule has 1 saturated carbocycles. The van der Waals surface area contributed by atoms with E-state index in [0.717, 1.165) is 6.42 Å². The normalized spacial score (nSPS) is 31.6. The number of rotatable bonds is 5. The van der Waals surface area contributed by atoms with Crippen LogP contribution in [-0.2, 0) is 9.16 Å². The molecule has 1 rings (SSSR count). The molecule has 82 valence electrons. The van der Waals surface area contributed by atoms with Crippen molar-refractivity contribution >= 4 is 19.9 Å². The van der Waals surface area contributed by atoms with Crippen LogP contribution in [0.4, 0.5) is 0 Å². The van der Waals surface area contributed by atoms with Gasteiger partial charge in [-0.2, -0.15) is 0 Å². The molecule has 0 N–H and O–H groups in total. The fraction of sp³-hybridized carbons (Fsp3) is 0.800. The van der Waals surface area contributed by atoms with E-state index in [4.69, 9.17) is 20.8 Å². The first-order chi connectivity index (χ1) is 6.31. The lowest BCUT2D eigenvalue weighted by Crippen LogP contribution is -2.36. The minimum atomic E-state index is -1.58. The number of hydrogen-bond donors (Lipinski definition) is 0. The van der Waals surface area contributed by atoms with Crippen LogP contribution >= 0.6 is 11.6 Å². The second-order valence-electron chi connectivity index (χ2n) is 4.66. The summed E-state index contributed by atoms with van der Waals surface area (Å²) in [6, 6.07) is 0. The van der Waals surface area contributed by atoms with Gasteiger partial charge in [-0.25, -0.2) is 0 Å². The molecular weight excluding hydrogens is 216 g/mol. The van der Waals surface area contributed by atoms with Crippen LogP contribution in [0.2, 0.25) is 19.6 Å². The predicted molar refractivity (Wildman–Crippen MR) is 61.9 cm³/mol. The van der Waals surface area contributed by atoms with Gasteiger partial charge >= 0.3 is 0 Å². The van der Waals surface area contributed by atoms with E-state index in [-0.39, 0.29) is 5.92 Å². The first-order valence-electron chi connectivity index (χ1n) is 4.99. The van der Waals surface area contributed by atoms with Crippen molar-refractivity contribution in [3.05, 3.63) is 11.6 Å². The monoisotopic (exact) mass is 234 g/mol. The van der Waals surface area contributed by atoms with Crippen molar-refractivity contribution in [2.45, 2.75) is 38.8 Å². The van der Waals surface area contributed by atoms with Crippen molar-refractivity contribution in [3.8, 4) is 0 Å². The second kappa shape index (κ2) is 3.97. The van der Waals surface area contributed by atoms with E-state index in [1.54, 1.807) is 0 Å². The molecule has 1 aliphatic rings. The summed E-state index contributed by atoms with van der Waals surface area (Å²) in [5, 5.41) is 0.650. The van der Waals surface area contributed by atoms with Gasteiger partial charge in [0.1, 0.15) is 0 Å². The Bertz CT molecular complexity index is 237. The minimum absolute atomic E-state index is 0.177. The van der Waals surface area contributed by atoms with E-state index >= 15 is 0 Å². The molecule has 0 unspecified atom stereocenters. The van der Waals surface area contributed by atoms with E-state index in [1.165, 1.54) is 0 Å². The zero-order chi connectivity index (χ0) is 11.0. The summed E-state index contributed by atoms with van der Waals surface area (Å²) in [4.78, 5) is 0. The second-order valence-corrected chi connectivity index (χ2v) is 9.58. The molecule has 0 saturated heterocycles. The summed E-state index contributed by atoms with van der Waals surface area (Å²) < 4.78 is 11.7. The Kier molecular flexibility index (Phi) is 3.47. The molecule has 0 spiro atoms. The first kappa shape index (κ1) is 12.2. The zero-order valence-electron chi connectivity index (χ0n) is 9.39. The molecule has 14 heavy (non-hydrogen) atoms. The van der Waals surface area contributed by atoms with E-state index < -0.39 is 14.1 Å². The molecule has 0 amide bonds. The highest BCUT2D eigenvalue weighted by Gasteiger charge is 2.59. The Labute approximate surface area is 92.4 Å². The fourth-order valence-electron chi connectivity index (χ4n) is 1.64. The molecule has 0 aromatic rings. The van der Waals surface area contributed by atoms with Gasteiger partial charge in [-0.05, 0) is 26.6 Å². The van der Waals surface area contributed by atoms with Gasteiger partial charge in [0.25, 0.3) is 0 Å². The van der Waals surface area contributed by atoms with E-state index in [0.29, 0.717) is 11.6 Å². The van der Waals surface area contributed by atoms with Gasteiger partial charge in [0.15, 0.2) is 14.1 Å². The third-order valence-electron chi connectivity index (χ3n) is 2.11. The third-order valence-corrected chi connectivity index (χ3v) is 3.33. The van der Waals surface area contributed by atoms with Crippen LogP contribution in [0, 0.1) is 5.92 Å². The lowest BCUT2D eigenvalue weighted by atomic mass is 10.4. The molecule has 0 aromatic heterocycles. The maximum atomic E-state index is 6.02. The molecule has 1 fully saturated rings. The Morgan fingerprint density at radius 2 is 2.14 bits per heavy atom. The number of ether oxygens (including phenoxy) is 1. The first-order valence-corrected chi connectivity index (χ1v) is 8.78. The average Bonchev–Trinajstić information content (AvgIpc) is 2.60. The molecule has 0 aromatic carbocycles. The summed E-state index contributed by atoms with van der Waals surface area (Å²) in [6.45, 7) is 12.8. The van der Waals surface area contributed by atoms with Crippen molar-refractivity contribution in [3.63, 3.8) is 0 Å². The molecule has 0 bridgehead atoms. The highest BCUT2D eigenvalue weighted by molar-refractivity contribution is 6.69. The van der Waals surface area contributed by atoms with Crippen molar-refractivity contribution in [1.82, 2.24) is 0 Å². The van der Waals surface area contributed by atoms with Crippen LogP contribution in [-0.4, -0.2) is 20.7 Å². The van der Waals surface area contributed by atoms with Crippen molar-refractivity contribution in [2.75, 3.05) is 6.61 Å². The van der Waals surface area contributed by atoms with Gasteiger partial charge in [-0.3, -0.25) is 0 Å². The largest absolute Gasteiger partial charge is 0.390 e. The Balaban J connectivity index is 2.63. The molecule has 0 aliphatic heterocycles. The summed E-state index contributed by atoms with van der Waals surface area (Å²) >= 11 is 5.88. The van der Waals surface area contributed by atoms with Crippen molar-refractivity contribution < 1.29 is 9.16 Å². The van der Waals surface area contributed by atoms with Crippen molar-refractivity contribution in [1.29, 1.82) is 0 Å². The van der Waals surface area contributed by atoms with Crippen LogP contribution < -0.4 is 0 Å². The topological polar surface area (TPSA) is 18.5 Å². The lowest BCUT2D eigenvalue weighted by molar-refractivity contribution is -0.114. The predicted octanol–water partition coefficient (Wildman–Crippen LogP) is 3.34. The highest BCUT2D eigenvalue weighted by Crippen LogP contribution is 2.54. The Morgan fingerprint density at radius 3 is 2.43 bits per heavy atom. The summed E-state index contributed by atoms with van der Waals surface area (Å²) in [5.41, 5.74) is 0. The van der Waals surface area contributed by atoms with Crippen LogP contribution in [0.5, 0.6) is 0 Å². The number of halogens is 1. The summed E-state index contributed by atoms with van der Waals surface area (Å²) in [6.07, 6.45) is 0.855. The van der Waals surface area contributed by atoms with Gasteiger partial charge in [0, 0.05) is 18.1 Å². The van der Waals surface area contributed by atoms with Crippen LogP contribution in [0.3, 0.4) is 0 Å². The molecule has 4 heteroatoms. The molecule has 1 aliphatic carbocycles. The standard InChI is InChI=1S/C10H19ClO2Si/c1-6-12-10(13-14(3,4)5)7-9(10)8(2)11/h9H,2,6-7H2,1,3-5H3/t9-,10-/m1/s1. The fourth-order valence-corrected chi connectivity index (χ4v) is 3.20. The smallest absolute Gasteiger partial charge is 0.187 e. The Morgan fingerprint density at radius 1 is 1.57 bits per heavy atom. The molecule has 2 nitrogen and oxygen atoms in total. The van der Waals surface area contributed by atoms with Crippen molar-refractivity contribution in [2.24, 2.45) is 5.92 Å². The summed E-state index contributed by atoms with van der Waals surface area (Å²) in [5.74, 6) is -0.270. The minimum Gasteiger partial charge on any atom is -0.390 e. The van der Waals surface area contributed by atoms with Crippen LogP contribution in [0.15, 0.2) is 11.6 Å². The van der Waals surface area contributed by atoms with Crippen LogP contribution in [0.25, 0.3) is 0 Å².